The number of allylic oxidation sites excluding steroid dienone is 18. The molecule has 0 heterocycles. The van der Waals surface area contributed by atoms with Crippen LogP contribution in [0.3, 0.4) is 0 Å². The molecule has 0 spiro atoms. The van der Waals surface area contributed by atoms with Crippen LogP contribution in [-0.4, -0.2) is 70.0 Å². The van der Waals surface area contributed by atoms with Gasteiger partial charge in [0.2, 0.25) is 0 Å². The number of carbonyl (C=O) groups excluding carboxylic acids is 2. The molecular weight excluding hydrogens is 1180 g/mol. The van der Waals surface area contributed by atoms with Crippen LogP contribution in [0.25, 0.3) is 0 Å². The minimum atomic E-state index is -4.65. The molecule has 0 fully saturated rings. The number of rotatable bonds is 73. The van der Waals surface area contributed by atoms with Crippen molar-refractivity contribution in [1.29, 1.82) is 0 Å². The number of carbonyl (C=O) groups is 2. The second kappa shape index (κ2) is 73.9. The minimum absolute atomic E-state index is 0.0327. The fourth-order valence-corrected chi connectivity index (χ4v) is 12.0. The summed E-state index contributed by atoms with van der Waals surface area (Å²) in [4.78, 5) is 38.2. The summed E-state index contributed by atoms with van der Waals surface area (Å²) < 4.78 is 34.4. The van der Waals surface area contributed by atoms with Crippen LogP contribution in [0.15, 0.2) is 109 Å². The summed E-state index contributed by atoms with van der Waals surface area (Å²) in [6, 6.07) is 0. The van der Waals surface area contributed by atoms with Crippen molar-refractivity contribution in [2.24, 2.45) is 0 Å². The molecule has 0 aliphatic rings. The Kier molecular flexibility index (Phi) is 71.3. The molecule has 0 aromatic rings. The number of phosphoric ester groups is 1. The first-order valence-corrected chi connectivity index (χ1v) is 41.1. The van der Waals surface area contributed by atoms with Crippen molar-refractivity contribution in [3.63, 3.8) is 0 Å². The summed E-state index contributed by atoms with van der Waals surface area (Å²) in [6.07, 6.45) is 105. The van der Waals surface area contributed by atoms with Crippen molar-refractivity contribution in [3.8, 4) is 0 Å². The highest BCUT2D eigenvalue weighted by Crippen LogP contribution is 2.38. The van der Waals surface area contributed by atoms with Gasteiger partial charge in [0.15, 0.2) is 6.10 Å². The van der Waals surface area contributed by atoms with E-state index in [0.717, 1.165) is 89.9 Å². The van der Waals surface area contributed by atoms with Gasteiger partial charge in [-0.3, -0.25) is 14.2 Å². The molecule has 0 aromatic carbocycles. The van der Waals surface area contributed by atoms with Crippen LogP contribution in [0.1, 0.15) is 361 Å². The molecular formula is C84H150NO8P. The zero-order valence-corrected chi connectivity index (χ0v) is 63.0. The lowest BCUT2D eigenvalue weighted by Crippen LogP contribution is -2.37. The van der Waals surface area contributed by atoms with E-state index in [1.165, 1.54) is 238 Å². The van der Waals surface area contributed by atoms with Crippen molar-refractivity contribution < 1.29 is 42.1 Å². The largest absolute Gasteiger partial charge is 0.756 e. The standard InChI is InChI=1S/C84H150NO8P/c1-6-8-10-12-14-16-18-20-22-24-26-28-30-32-34-36-38-40-41-42-43-45-46-48-50-52-54-56-58-60-62-64-66-68-70-72-74-76-83(86)90-80-82(81-92-94(88,89)91-79-78-85(3,4)5)93-84(87)77-75-73-71-69-67-65-63-61-59-57-55-53-51-49-47-44-39-37-35-33-31-29-27-25-23-21-19-17-15-13-11-9-7-2/h9,11,15,17-18,20-21,23-24,26-27,29-30,32-33,35,39,44,82H,6-8,10,12-14,16,19,22,25,28,31,34,36-38,40-43,45-81H2,1-5H3/b11-9-,17-15-,20-18-,23-21-,26-24-,29-27-,32-30-,35-33-,44-39-. The fourth-order valence-electron chi connectivity index (χ4n) is 11.3. The van der Waals surface area contributed by atoms with Crippen molar-refractivity contribution in [1.82, 2.24) is 0 Å². The van der Waals surface area contributed by atoms with Crippen LogP contribution in [0, 0.1) is 0 Å². The summed E-state index contributed by atoms with van der Waals surface area (Å²) in [6.45, 7) is 4.15. The van der Waals surface area contributed by atoms with Gasteiger partial charge >= 0.3 is 11.9 Å². The molecule has 0 aliphatic carbocycles. The Labute approximate surface area is 582 Å². The van der Waals surface area contributed by atoms with Gasteiger partial charge in [0.05, 0.1) is 27.7 Å². The van der Waals surface area contributed by atoms with Crippen LogP contribution in [0.5, 0.6) is 0 Å². The molecule has 94 heavy (non-hydrogen) atoms. The summed E-state index contributed by atoms with van der Waals surface area (Å²) in [5.41, 5.74) is 0. The molecule has 0 bridgehead atoms. The monoisotopic (exact) mass is 1330 g/mol. The number of unbranched alkanes of at least 4 members (excludes halogenated alkanes) is 41. The highest BCUT2D eigenvalue weighted by Gasteiger charge is 2.22. The summed E-state index contributed by atoms with van der Waals surface area (Å²) in [5, 5.41) is 0. The maximum atomic E-state index is 12.9. The van der Waals surface area contributed by atoms with Gasteiger partial charge in [-0.25, -0.2) is 0 Å². The lowest BCUT2D eigenvalue weighted by molar-refractivity contribution is -0.870. The average Bonchev–Trinajstić information content (AvgIpc) is 1.56. The van der Waals surface area contributed by atoms with Gasteiger partial charge in [-0.2, -0.15) is 0 Å². The van der Waals surface area contributed by atoms with Crippen LogP contribution >= 0.6 is 7.82 Å². The number of phosphoric acid groups is 1. The number of hydrogen-bond acceptors (Lipinski definition) is 8. The topological polar surface area (TPSA) is 111 Å². The van der Waals surface area contributed by atoms with E-state index >= 15 is 0 Å². The Balaban J connectivity index is 3.96. The number of hydrogen-bond donors (Lipinski definition) is 0. The maximum absolute atomic E-state index is 12.9. The molecule has 10 heteroatoms. The smallest absolute Gasteiger partial charge is 0.306 e. The summed E-state index contributed by atoms with van der Waals surface area (Å²) in [7, 11) is 1.17. The van der Waals surface area contributed by atoms with Gasteiger partial charge in [0, 0.05) is 12.8 Å². The maximum Gasteiger partial charge on any atom is 0.306 e. The lowest BCUT2D eigenvalue weighted by atomic mass is 10.0. The molecule has 0 aromatic heterocycles. The van der Waals surface area contributed by atoms with E-state index in [9.17, 15) is 19.0 Å². The van der Waals surface area contributed by atoms with Gasteiger partial charge in [-0.1, -0.05) is 354 Å². The molecule has 2 unspecified atom stereocenters. The highest BCUT2D eigenvalue weighted by atomic mass is 31.2. The van der Waals surface area contributed by atoms with Gasteiger partial charge in [0.1, 0.15) is 19.8 Å². The average molecular weight is 1330 g/mol. The van der Waals surface area contributed by atoms with Gasteiger partial charge in [-0.15, -0.1) is 0 Å². The number of ether oxygens (including phenoxy) is 2. The molecule has 0 amide bonds. The minimum Gasteiger partial charge on any atom is -0.756 e. The Morgan fingerprint density at radius 1 is 0.340 bits per heavy atom. The first-order valence-electron chi connectivity index (χ1n) is 39.6. The van der Waals surface area contributed by atoms with Crippen LogP contribution < -0.4 is 4.89 Å². The predicted octanol–water partition coefficient (Wildman–Crippen LogP) is 25.8. The summed E-state index contributed by atoms with van der Waals surface area (Å²) >= 11 is 0. The molecule has 0 radical (unpaired) electrons. The van der Waals surface area contributed by atoms with Crippen LogP contribution in [0.4, 0.5) is 0 Å². The summed E-state index contributed by atoms with van der Waals surface area (Å²) in [5.74, 6) is -0.822. The number of esters is 2. The van der Waals surface area contributed by atoms with E-state index in [0.29, 0.717) is 17.4 Å². The van der Waals surface area contributed by atoms with Crippen molar-refractivity contribution >= 4 is 19.8 Å². The third kappa shape index (κ3) is 77.7. The molecule has 544 valence electrons. The number of quaternary nitrogens is 1. The first-order chi connectivity index (χ1) is 46.0. The number of likely N-dealkylation sites (N-methyl/N-ethyl adjacent to an activating group) is 1. The first kappa shape index (κ1) is 90.7. The van der Waals surface area contributed by atoms with Gasteiger partial charge in [-0.05, 0) is 103 Å². The molecule has 0 N–H and O–H groups in total. The van der Waals surface area contributed by atoms with E-state index in [1.54, 1.807) is 0 Å². The third-order valence-electron chi connectivity index (χ3n) is 17.3. The fraction of sp³-hybridized carbons (Fsp3) is 0.762. The van der Waals surface area contributed by atoms with Gasteiger partial charge < -0.3 is 27.9 Å². The second-order valence-electron chi connectivity index (χ2n) is 27.7. The molecule has 2 atom stereocenters. The zero-order chi connectivity index (χ0) is 68.3. The molecule has 0 aliphatic heterocycles. The number of nitrogens with zero attached hydrogens (tertiary/aromatic N) is 1. The third-order valence-corrected chi connectivity index (χ3v) is 18.2. The zero-order valence-electron chi connectivity index (χ0n) is 62.1. The van der Waals surface area contributed by atoms with Crippen LogP contribution in [0.2, 0.25) is 0 Å². The van der Waals surface area contributed by atoms with E-state index in [2.05, 4.69) is 123 Å². The molecule has 0 saturated heterocycles. The molecule has 0 rings (SSSR count). The quantitative estimate of drug-likeness (QED) is 0.0195. The van der Waals surface area contributed by atoms with Crippen LogP contribution in [-0.2, 0) is 32.7 Å². The Bertz CT molecular complexity index is 1960. The van der Waals surface area contributed by atoms with Gasteiger partial charge in [0.25, 0.3) is 7.82 Å². The Hall–Kier alpha value is -3.33. The normalized spacial score (nSPS) is 13.6. The Morgan fingerprint density at radius 2 is 0.606 bits per heavy atom. The SMILES string of the molecule is CC/C=C\C/C=C\C/C=C\C/C=C\C/C=C\C/C=C\CCCCCCCCCCCCCCCCC(=O)OC(COC(=O)CCCCCCCCCCCCCCCCCCCCCCCC/C=C\C/C=C\C/C=C\CCCCCCC)COP(=O)([O-])OCC[N+](C)(C)C. The lowest BCUT2D eigenvalue weighted by Gasteiger charge is -2.28. The van der Waals surface area contributed by atoms with Crippen molar-refractivity contribution in [2.45, 2.75) is 367 Å². The highest BCUT2D eigenvalue weighted by molar-refractivity contribution is 7.45. The van der Waals surface area contributed by atoms with E-state index < -0.39 is 26.5 Å². The van der Waals surface area contributed by atoms with Crippen molar-refractivity contribution in [2.75, 3.05) is 47.5 Å². The van der Waals surface area contributed by atoms with Crippen molar-refractivity contribution in [3.05, 3.63) is 109 Å². The molecule has 9 nitrogen and oxygen atoms in total. The Morgan fingerprint density at radius 3 is 0.904 bits per heavy atom. The van der Waals surface area contributed by atoms with E-state index in [1.807, 2.05) is 21.1 Å². The van der Waals surface area contributed by atoms with E-state index in [-0.39, 0.29) is 32.0 Å². The second-order valence-corrected chi connectivity index (χ2v) is 29.1. The predicted molar refractivity (Wildman–Crippen MR) is 406 cm³/mol. The molecule has 0 saturated carbocycles. The van der Waals surface area contributed by atoms with E-state index in [4.69, 9.17) is 18.5 Å².